The molecule has 5 nitrogen and oxygen atoms in total. The van der Waals surface area contributed by atoms with Crippen LogP contribution < -0.4 is 5.32 Å². The normalized spacial score (nSPS) is 13.0. The zero-order chi connectivity index (χ0) is 18.6. The molecule has 136 valence electrons. The molecule has 0 saturated heterocycles. The van der Waals surface area contributed by atoms with Crippen LogP contribution in [0.25, 0.3) is 10.9 Å². The van der Waals surface area contributed by atoms with E-state index >= 15 is 0 Å². The Morgan fingerprint density at radius 2 is 2.00 bits per heavy atom. The summed E-state index contributed by atoms with van der Waals surface area (Å²) in [6, 6.07) is 5.73. The second-order valence-electron chi connectivity index (χ2n) is 7.88. The largest absolute Gasteiger partial charge is 0.444 e. The van der Waals surface area contributed by atoms with Crippen LogP contribution in [0.4, 0.5) is 4.79 Å². The molecule has 0 aliphatic heterocycles. The lowest BCUT2D eigenvalue weighted by Crippen LogP contribution is -2.41. The van der Waals surface area contributed by atoms with E-state index in [4.69, 9.17) is 4.74 Å². The number of carbonyl (C=O) groups is 2. The molecule has 25 heavy (non-hydrogen) atoms. The molecule has 0 unspecified atom stereocenters. The zero-order valence-corrected chi connectivity index (χ0v) is 15.7. The first-order chi connectivity index (χ1) is 11.7. The lowest BCUT2D eigenvalue weighted by atomic mass is 9.99. The second kappa shape index (κ2) is 7.72. The monoisotopic (exact) mass is 344 g/mol. The summed E-state index contributed by atoms with van der Waals surface area (Å²) in [6.45, 7) is 9.75. The van der Waals surface area contributed by atoms with Gasteiger partial charge in [0.25, 0.3) is 0 Å². The van der Waals surface area contributed by atoms with Crippen molar-refractivity contribution in [2.75, 3.05) is 0 Å². The number of H-pyrrole nitrogens is 1. The van der Waals surface area contributed by atoms with Crippen LogP contribution in [0.5, 0.6) is 0 Å². The van der Waals surface area contributed by atoms with Gasteiger partial charge >= 0.3 is 6.09 Å². The second-order valence-corrected chi connectivity index (χ2v) is 7.88. The molecule has 0 fully saturated rings. The third kappa shape index (κ3) is 5.62. The number of rotatable bonds is 6. The predicted molar refractivity (Wildman–Crippen MR) is 99.8 cm³/mol. The minimum Gasteiger partial charge on any atom is -0.444 e. The van der Waals surface area contributed by atoms with Crippen molar-refractivity contribution in [2.24, 2.45) is 5.92 Å². The van der Waals surface area contributed by atoms with Gasteiger partial charge in [-0.25, -0.2) is 4.79 Å². The van der Waals surface area contributed by atoms with Gasteiger partial charge in [-0.1, -0.05) is 19.9 Å². The number of hydrogen-bond donors (Lipinski definition) is 2. The number of hydrogen-bond acceptors (Lipinski definition) is 3. The number of alkyl carbamates (subject to hydrolysis) is 1. The number of amides is 1. The maximum Gasteiger partial charge on any atom is 0.408 e. The number of fused-ring (bicyclic) bond motifs is 1. The van der Waals surface area contributed by atoms with Gasteiger partial charge in [0.1, 0.15) is 11.9 Å². The molecule has 0 radical (unpaired) electrons. The lowest BCUT2D eigenvalue weighted by molar-refractivity contribution is -0.109. The summed E-state index contributed by atoms with van der Waals surface area (Å²) in [5, 5.41) is 3.72. The number of benzene rings is 1. The number of aromatic nitrogens is 1. The van der Waals surface area contributed by atoms with Crippen LogP contribution in [-0.2, 0) is 22.4 Å². The number of aromatic amines is 1. The minimum absolute atomic E-state index is 0.424. The number of ether oxygens (including phenoxy) is 1. The molecule has 0 aliphatic carbocycles. The van der Waals surface area contributed by atoms with Gasteiger partial charge in [-0.15, -0.1) is 0 Å². The molecule has 1 heterocycles. The Morgan fingerprint density at radius 1 is 1.28 bits per heavy atom. The van der Waals surface area contributed by atoms with E-state index in [2.05, 4.69) is 42.3 Å². The summed E-state index contributed by atoms with van der Waals surface area (Å²) in [4.78, 5) is 26.5. The molecule has 0 spiro atoms. The maximum absolute atomic E-state index is 11.9. The van der Waals surface area contributed by atoms with Crippen LogP contribution in [0.2, 0.25) is 0 Å². The maximum atomic E-state index is 11.9. The van der Waals surface area contributed by atoms with E-state index in [-0.39, 0.29) is 0 Å². The fourth-order valence-corrected chi connectivity index (χ4v) is 2.82. The first kappa shape index (κ1) is 19.0. The summed E-state index contributed by atoms with van der Waals surface area (Å²) in [7, 11) is 0. The molecule has 1 amide bonds. The van der Waals surface area contributed by atoms with Crippen LogP contribution in [-0.4, -0.2) is 29.0 Å². The molecule has 2 aromatic rings. The van der Waals surface area contributed by atoms with Crippen molar-refractivity contribution in [1.29, 1.82) is 0 Å². The molecular weight excluding hydrogens is 316 g/mol. The Labute approximate surface area is 149 Å². The van der Waals surface area contributed by atoms with Crippen molar-refractivity contribution in [3.63, 3.8) is 0 Å². The highest BCUT2D eigenvalue weighted by atomic mass is 16.6. The van der Waals surface area contributed by atoms with Crippen molar-refractivity contribution in [1.82, 2.24) is 10.3 Å². The Bertz CT molecular complexity index is 741. The van der Waals surface area contributed by atoms with Crippen molar-refractivity contribution in [2.45, 2.75) is 59.1 Å². The Balaban J connectivity index is 2.14. The molecule has 0 saturated carbocycles. The fourth-order valence-electron chi connectivity index (χ4n) is 2.82. The Hall–Kier alpha value is -2.30. The highest BCUT2D eigenvalue weighted by molar-refractivity contribution is 5.84. The van der Waals surface area contributed by atoms with E-state index in [1.165, 1.54) is 5.56 Å². The molecule has 0 bridgehead atoms. The molecule has 2 N–H and O–H groups in total. The van der Waals surface area contributed by atoms with Crippen molar-refractivity contribution < 1.29 is 14.3 Å². The molecule has 2 rings (SSSR count). The smallest absolute Gasteiger partial charge is 0.408 e. The zero-order valence-electron chi connectivity index (χ0n) is 15.7. The number of carbonyl (C=O) groups excluding carboxylic acids is 2. The number of nitrogens with one attached hydrogen (secondary N) is 2. The van der Waals surface area contributed by atoms with Crippen LogP contribution in [0, 0.1) is 5.92 Å². The summed E-state index contributed by atoms with van der Waals surface area (Å²) >= 11 is 0. The van der Waals surface area contributed by atoms with Gasteiger partial charge in [-0.2, -0.15) is 0 Å². The Kier molecular flexibility index (Phi) is 5.88. The molecule has 5 heteroatoms. The highest BCUT2D eigenvalue weighted by Gasteiger charge is 2.20. The van der Waals surface area contributed by atoms with Gasteiger partial charge in [-0.05, 0) is 56.4 Å². The van der Waals surface area contributed by atoms with Crippen LogP contribution >= 0.6 is 0 Å². The standard InChI is InChI=1S/C20H28N2O3/c1-13(2)8-14-6-7-18-17(9-14)15(11-21-18)10-16(12-23)22-19(24)25-20(3,4)5/h6-7,9,11-13,16,21H,8,10H2,1-5H3,(H,22,24)/t16-/m0/s1. The summed E-state index contributed by atoms with van der Waals surface area (Å²) in [5.41, 5.74) is 2.72. The lowest BCUT2D eigenvalue weighted by Gasteiger charge is -2.21. The Morgan fingerprint density at radius 3 is 2.60 bits per heavy atom. The van der Waals surface area contributed by atoms with E-state index < -0.39 is 17.7 Å². The molecule has 0 aliphatic rings. The third-order valence-corrected chi connectivity index (χ3v) is 3.78. The van der Waals surface area contributed by atoms with Gasteiger partial charge in [-0.3, -0.25) is 0 Å². The van der Waals surface area contributed by atoms with Crippen LogP contribution in [0.15, 0.2) is 24.4 Å². The van der Waals surface area contributed by atoms with Gasteiger partial charge in [0.2, 0.25) is 0 Å². The van der Waals surface area contributed by atoms with E-state index in [1.54, 1.807) is 20.8 Å². The molecular formula is C20H28N2O3. The third-order valence-electron chi connectivity index (χ3n) is 3.78. The van der Waals surface area contributed by atoms with E-state index in [9.17, 15) is 9.59 Å². The quantitative estimate of drug-likeness (QED) is 0.778. The summed E-state index contributed by atoms with van der Waals surface area (Å²) < 4.78 is 5.22. The summed E-state index contributed by atoms with van der Waals surface area (Å²) in [6.07, 6.45) is 3.50. The van der Waals surface area contributed by atoms with E-state index in [0.29, 0.717) is 12.3 Å². The molecule has 1 atom stereocenters. The van der Waals surface area contributed by atoms with Crippen molar-refractivity contribution in [3.8, 4) is 0 Å². The van der Waals surface area contributed by atoms with E-state index in [1.807, 2.05) is 6.20 Å². The van der Waals surface area contributed by atoms with Crippen LogP contribution in [0.3, 0.4) is 0 Å². The first-order valence-corrected chi connectivity index (χ1v) is 8.71. The fraction of sp³-hybridized carbons (Fsp3) is 0.500. The number of aldehydes is 1. The topological polar surface area (TPSA) is 71.2 Å². The molecule has 1 aromatic heterocycles. The van der Waals surface area contributed by atoms with Gasteiger partial charge in [0.15, 0.2) is 0 Å². The first-order valence-electron chi connectivity index (χ1n) is 8.71. The van der Waals surface area contributed by atoms with Crippen LogP contribution in [0.1, 0.15) is 45.7 Å². The average Bonchev–Trinajstić information content (AvgIpc) is 2.86. The van der Waals surface area contributed by atoms with Gasteiger partial charge in [0, 0.05) is 23.5 Å². The van der Waals surface area contributed by atoms with Crippen molar-refractivity contribution >= 4 is 23.3 Å². The highest BCUT2D eigenvalue weighted by Crippen LogP contribution is 2.22. The van der Waals surface area contributed by atoms with Gasteiger partial charge < -0.3 is 19.8 Å². The minimum atomic E-state index is -0.623. The van der Waals surface area contributed by atoms with Crippen molar-refractivity contribution in [3.05, 3.63) is 35.5 Å². The summed E-state index contributed by atoms with van der Waals surface area (Å²) in [5.74, 6) is 0.580. The average molecular weight is 344 g/mol. The van der Waals surface area contributed by atoms with E-state index in [0.717, 1.165) is 29.2 Å². The predicted octanol–water partition coefficient (Wildman–Crippen LogP) is 4.00. The van der Waals surface area contributed by atoms with Gasteiger partial charge in [0.05, 0.1) is 6.04 Å². The SMILES string of the molecule is CC(C)Cc1ccc2[nH]cc(C[C@@H](C=O)NC(=O)OC(C)(C)C)c2c1. The molecule has 1 aromatic carbocycles.